The monoisotopic (exact) mass is 294 g/mol. The molecular formula is C15H22N2O4. The van der Waals surface area contributed by atoms with E-state index >= 15 is 0 Å². The van der Waals surface area contributed by atoms with E-state index in [0.717, 1.165) is 19.3 Å². The van der Waals surface area contributed by atoms with Crippen molar-refractivity contribution < 1.29 is 19.1 Å². The van der Waals surface area contributed by atoms with Crippen molar-refractivity contribution >= 4 is 11.9 Å². The molecule has 1 atom stereocenters. The van der Waals surface area contributed by atoms with Crippen molar-refractivity contribution in [2.24, 2.45) is 5.41 Å². The number of hydrogen-bond donors (Lipinski definition) is 0. The highest BCUT2D eigenvalue weighted by Gasteiger charge is 2.31. The van der Waals surface area contributed by atoms with Crippen molar-refractivity contribution in [1.29, 1.82) is 5.26 Å². The van der Waals surface area contributed by atoms with E-state index in [1.54, 1.807) is 6.07 Å². The minimum Gasteiger partial charge on any atom is -0.464 e. The summed E-state index contributed by atoms with van der Waals surface area (Å²) >= 11 is 0. The highest BCUT2D eigenvalue weighted by atomic mass is 16.5. The lowest BCUT2D eigenvalue weighted by atomic mass is 9.81. The Bertz CT molecular complexity index is 388. The van der Waals surface area contributed by atoms with E-state index in [1.807, 2.05) is 13.8 Å². The van der Waals surface area contributed by atoms with Crippen molar-refractivity contribution in [3.05, 3.63) is 11.4 Å². The highest BCUT2D eigenvalue weighted by molar-refractivity contribution is 5.73. The molecule has 0 spiro atoms. The van der Waals surface area contributed by atoms with E-state index in [4.69, 9.17) is 21.3 Å². The van der Waals surface area contributed by atoms with Gasteiger partial charge in [0, 0.05) is 5.41 Å². The second kappa shape index (κ2) is 10.7. The van der Waals surface area contributed by atoms with Gasteiger partial charge in [0.05, 0.1) is 6.07 Å². The van der Waals surface area contributed by atoms with Gasteiger partial charge in [-0.05, 0) is 12.8 Å². The third-order valence-corrected chi connectivity index (χ3v) is 3.32. The Morgan fingerprint density at radius 1 is 1.24 bits per heavy atom. The SMILES string of the molecule is [C-]#[N+]CC(=O)OCC(CC)(CCCC)COC(=O)CC#N. The summed E-state index contributed by atoms with van der Waals surface area (Å²) in [5, 5.41) is 8.45. The van der Waals surface area contributed by atoms with Gasteiger partial charge >= 0.3 is 18.5 Å². The van der Waals surface area contributed by atoms with Crippen LogP contribution in [-0.2, 0) is 19.1 Å². The Morgan fingerprint density at radius 2 is 1.86 bits per heavy atom. The topological polar surface area (TPSA) is 80.8 Å². The molecule has 1 unspecified atom stereocenters. The molecule has 0 aliphatic heterocycles. The summed E-state index contributed by atoms with van der Waals surface area (Å²) in [5.74, 6) is -1.14. The predicted molar refractivity (Wildman–Crippen MR) is 75.9 cm³/mol. The van der Waals surface area contributed by atoms with Crippen LogP contribution < -0.4 is 0 Å². The molecule has 116 valence electrons. The molecule has 0 aliphatic rings. The standard InChI is InChI=1S/C15H22N2O4/c1-4-6-8-15(5-2,11-20-13(18)7-9-16)12-21-14(19)10-17-3/h4-8,10-12H2,1-2H3. The number of esters is 2. The number of nitriles is 1. The van der Waals surface area contributed by atoms with Crippen LogP contribution in [-0.4, -0.2) is 31.7 Å². The summed E-state index contributed by atoms with van der Waals surface area (Å²) in [6.07, 6.45) is 3.04. The molecule has 6 heteroatoms. The molecule has 0 aliphatic carbocycles. The van der Waals surface area contributed by atoms with Crippen LogP contribution in [0, 0.1) is 23.3 Å². The molecule has 21 heavy (non-hydrogen) atoms. The van der Waals surface area contributed by atoms with Crippen LogP contribution in [0.5, 0.6) is 0 Å². The first-order valence-electron chi connectivity index (χ1n) is 7.05. The summed E-state index contributed by atoms with van der Waals surface area (Å²) in [6, 6.07) is 1.74. The maximum absolute atomic E-state index is 11.3. The minimum absolute atomic E-state index is 0.120. The zero-order valence-corrected chi connectivity index (χ0v) is 12.7. The summed E-state index contributed by atoms with van der Waals surface area (Å²) in [7, 11) is 0. The van der Waals surface area contributed by atoms with Gasteiger partial charge in [0.2, 0.25) is 0 Å². The molecule has 0 radical (unpaired) electrons. The number of rotatable bonds is 10. The van der Waals surface area contributed by atoms with Gasteiger partial charge in [0.25, 0.3) is 0 Å². The second-order valence-corrected chi connectivity index (χ2v) is 4.93. The van der Waals surface area contributed by atoms with Crippen molar-refractivity contribution in [3.8, 4) is 6.07 Å². The first-order valence-corrected chi connectivity index (χ1v) is 7.05. The summed E-state index contributed by atoms with van der Waals surface area (Å²) < 4.78 is 10.2. The van der Waals surface area contributed by atoms with Crippen LogP contribution in [0.25, 0.3) is 4.85 Å². The van der Waals surface area contributed by atoms with Crippen LogP contribution >= 0.6 is 0 Å². The van der Waals surface area contributed by atoms with Gasteiger partial charge in [0.1, 0.15) is 19.6 Å². The summed E-state index contributed by atoms with van der Waals surface area (Å²) in [5.41, 5.74) is -0.446. The molecule has 0 saturated carbocycles. The van der Waals surface area contributed by atoms with E-state index in [0.29, 0.717) is 6.42 Å². The lowest BCUT2D eigenvalue weighted by molar-refractivity contribution is -0.153. The smallest absolute Gasteiger partial charge is 0.387 e. The molecule has 0 bridgehead atoms. The largest absolute Gasteiger partial charge is 0.464 e. The van der Waals surface area contributed by atoms with Crippen molar-refractivity contribution in [1.82, 2.24) is 0 Å². The molecule has 0 rings (SSSR count). The maximum atomic E-state index is 11.3. The first kappa shape index (κ1) is 18.9. The van der Waals surface area contributed by atoms with Crippen molar-refractivity contribution in [2.45, 2.75) is 46.0 Å². The lowest BCUT2D eigenvalue weighted by Crippen LogP contribution is -2.34. The van der Waals surface area contributed by atoms with E-state index in [-0.39, 0.29) is 26.2 Å². The average molecular weight is 294 g/mol. The molecule has 6 nitrogen and oxygen atoms in total. The number of carbonyl (C=O) groups excluding carboxylic acids is 2. The molecule has 0 aromatic heterocycles. The van der Waals surface area contributed by atoms with E-state index in [9.17, 15) is 9.59 Å². The molecular weight excluding hydrogens is 272 g/mol. The molecule has 0 fully saturated rings. The second-order valence-electron chi connectivity index (χ2n) is 4.93. The molecule has 0 saturated heterocycles. The number of carbonyl (C=O) groups is 2. The normalized spacial score (nSPS) is 12.6. The molecule has 0 aromatic rings. The van der Waals surface area contributed by atoms with Gasteiger partial charge in [-0.1, -0.05) is 26.7 Å². The quantitative estimate of drug-likeness (QED) is 0.457. The lowest BCUT2D eigenvalue weighted by Gasteiger charge is -2.31. The number of nitrogens with zero attached hydrogens (tertiary/aromatic N) is 2. The fourth-order valence-electron chi connectivity index (χ4n) is 1.81. The van der Waals surface area contributed by atoms with E-state index < -0.39 is 17.4 Å². The van der Waals surface area contributed by atoms with Crippen LogP contribution in [0.1, 0.15) is 46.0 Å². The van der Waals surface area contributed by atoms with Crippen LogP contribution in [0.15, 0.2) is 0 Å². The predicted octanol–water partition coefficient (Wildman–Crippen LogP) is 2.49. The Morgan fingerprint density at radius 3 is 2.33 bits per heavy atom. The maximum Gasteiger partial charge on any atom is 0.387 e. The Hall–Kier alpha value is -2.08. The molecule has 0 N–H and O–H groups in total. The Labute approximate surface area is 125 Å². The fraction of sp³-hybridized carbons (Fsp3) is 0.733. The van der Waals surface area contributed by atoms with E-state index in [2.05, 4.69) is 4.85 Å². The fourth-order valence-corrected chi connectivity index (χ4v) is 1.81. The van der Waals surface area contributed by atoms with Gasteiger partial charge < -0.3 is 14.3 Å². The minimum atomic E-state index is -0.570. The number of unbranched alkanes of at least 4 members (excludes halogenated alkanes) is 1. The zero-order chi connectivity index (χ0) is 16.1. The average Bonchev–Trinajstić information content (AvgIpc) is 2.48. The number of hydrogen-bond acceptors (Lipinski definition) is 5. The molecule has 0 amide bonds. The third kappa shape index (κ3) is 7.94. The Kier molecular flexibility index (Phi) is 9.62. The van der Waals surface area contributed by atoms with Crippen LogP contribution in [0.4, 0.5) is 0 Å². The van der Waals surface area contributed by atoms with Gasteiger partial charge in [-0.2, -0.15) is 5.26 Å². The highest BCUT2D eigenvalue weighted by Crippen LogP contribution is 2.30. The molecule has 0 heterocycles. The number of ether oxygens (including phenoxy) is 2. The summed E-state index contributed by atoms with van der Waals surface area (Å²) in [4.78, 5) is 25.6. The zero-order valence-electron chi connectivity index (χ0n) is 12.7. The van der Waals surface area contributed by atoms with E-state index in [1.165, 1.54) is 0 Å². The Balaban J connectivity index is 4.66. The summed E-state index contributed by atoms with van der Waals surface area (Å²) in [6.45, 7) is 10.6. The van der Waals surface area contributed by atoms with Crippen LogP contribution in [0.3, 0.4) is 0 Å². The first-order chi connectivity index (χ1) is 10.0. The van der Waals surface area contributed by atoms with Gasteiger partial charge in [0.15, 0.2) is 0 Å². The van der Waals surface area contributed by atoms with Crippen molar-refractivity contribution in [2.75, 3.05) is 19.8 Å². The van der Waals surface area contributed by atoms with Gasteiger partial charge in [-0.3, -0.25) is 4.79 Å². The van der Waals surface area contributed by atoms with Crippen molar-refractivity contribution in [3.63, 3.8) is 0 Å². The van der Waals surface area contributed by atoms with Crippen LogP contribution in [0.2, 0.25) is 0 Å². The van der Waals surface area contributed by atoms with Gasteiger partial charge in [-0.15, -0.1) is 0 Å². The van der Waals surface area contributed by atoms with Gasteiger partial charge in [-0.25, -0.2) is 11.4 Å². The molecule has 0 aromatic carbocycles. The third-order valence-electron chi connectivity index (χ3n) is 3.32.